The van der Waals surface area contributed by atoms with Crippen molar-refractivity contribution >= 4 is 28.3 Å². The van der Waals surface area contributed by atoms with E-state index in [9.17, 15) is 9.59 Å². The maximum Gasteiger partial charge on any atom is 0.254 e. The number of nitrogens with one attached hydrogen (secondary N) is 1. The van der Waals surface area contributed by atoms with Crippen LogP contribution < -0.4 is 5.56 Å². The number of para-hydroxylation sites is 1. The molecule has 0 atom stereocenters. The third-order valence-corrected chi connectivity index (χ3v) is 4.26. The maximum absolute atomic E-state index is 12.7. The fraction of sp³-hybridized carbons (Fsp3) is 0.200. The van der Waals surface area contributed by atoms with Crippen molar-refractivity contribution in [2.75, 3.05) is 7.05 Å². The van der Waals surface area contributed by atoms with Crippen LogP contribution >= 0.6 is 11.5 Å². The predicted molar refractivity (Wildman–Crippen MR) is 85.0 cm³/mol. The summed E-state index contributed by atoms with van der Waals surface area (Å²) >= 11 is 1.27. The lowest BCUT2D eigenvalue weighted by Gasteiger charge is -2.17. The van der Waals surface area contributed by atoms with Crippen LogP contribution in [0.3, 0.4) is 0 Å². The number of nitrogens with zero attached hydrogens (tertiary/aromatic N) is 3. The summed E-state index contributed by atoms with van der Waals surface area (Å²) in [5.41, 5.74) is 1.59. The van der Waals surface area contributed by atoms with Gasteiger partial charge in [0.25, 0.3) is 5.91 Å². The zero-order valence-electron chi connectivity index (χ0n) is 12.2. The van der Waals surface area contributed by atoms with E-state index in [0.717, 1.165) is 16.0 Å². The lowest BCUT2D eigenvalue weighted by atomic mass is 10.1. The molecule has 0 bridgehead atoms. The summed E-state index contributed by atoms with van der Waals surface area (Å²) < 4.78 is 3.87. The first-order valence-corrected chi connectivity index (χ1v) is 7.49. The van der Waals surface area contributed by atoms with Crippen molar-refractivity contribution in [1.82, 2.24) is 19.5 Å². The summed E-state index contributed by atoms with van der Waals surface area (Å²) in [6, 6.07) is 8.62. The minimum Gasteiger partial charge on any atom is -0.336 e. The standard InChI is InChI=1S/C15H14N4O2S/c1-9-13(22-18-17-9)8-19(2)15(21)11-7-14(20)16-12-6-4-3-5-10(11)12/h3-7H,8H2,1-2H3,(H,16,20). The van der Waals surface area contributed by atoms with E-state index in [2.05, 4.69) is 14.6 Å². The number of carbonyl (C=O) groups is 1. The fourth-order valence-corrected chi connectivity index (χ4v) is 2.96. The van der Waals surface area contributed by atoms with Crippen LogP contribution in [-0.2, 0) is 6.54 Å². The second kappa shape index (κ2) is 5.69. The molecule has 3 aromatic rings. The van der Waals surface area contributed by atoms with Crippen molar-refractivity contribution < 1.29 is 4.79 Å². The molecule has 0 saturated heterocycles. The van der Waals surface area contributed by atoms with Gasteiger partial charge in [0.1, 0.15) is 0 Å². The molecular weight excluding hydrogens is 300 g/mol. The first-order chi connectivity index (χ1) is 10.6. The Morgan fingerprint density at radius 3 is 2.86 bits per heavy atom. The van der Waals surface area contributed by atoms with Crippen LogP contribution in [0.4, 0.5) is 0 Å². The number of hydrogen-bond acceptors (Lipinski definition) is 5. The van der Waals surface area contributed by atoms with Crippen LogP contribution in [0.25, 0.3) is 10.9 Å². The van der Waals surface area contributed by atoms with Crippen LogP contribution in [0.15, 0.2) is 35.1 Å². The van der Waals surface area contributed by atoms with E-state index in [1.54, 1.807) is 18.0 Å². The average Bonchev–Trinajstić information content (AvgIpc) is 2.90. The topological polar surface area (TPSA) is 79.0 Å². The third-order valence-electron chi connectivity index (χ3n) is 3.45. The highest BCUT2D eigenvalue weighted by molar-refractivity contribution is 7.05. The van der Waals surface area contributed by atoms with Gasteiger partial charge < -0.3 is 9.88 Å². The molecule has 0 aliphatic carbocycles. The molecule has 0 fully saturated rings. The van der Waals surface area contributed by atoms with E-state index in [1.165, 1.54) is 17.6 Å². The van der Waals surface area contributed by atoms with E-state index in [0.29, 0.717) is 17.6 Å². The van der Waals surface area contributed by atoms with Crippen molar-refractivity contribution in [2.24, 2.45) is 0 Å². The van der Waals surface area contributed by atoms with E-state index >= 15 is 0 Å². The number of hydrogen-bond donors (Lipinski definition) is 1. The minimum atomic E-state index is -0.286. The molecule has 112 valence electrons. The van der Waals surface area contributed by atoms with Crippen molar-refractivity contribution in [3.8, 4) is 0 Å². The van der Waals surface area contributed by atoms with Crippen LogP contribution in [-0.4, -0.2) is 32.4 Å². The number of carbonyl (C=O) groups excluding carboxylic acids is 1. The number of aryl methyl sites for hydroxylation is 1. The van der Waals surface area contributed by atoms with Gasteiger partial charge in [0, 0.05) is 24.0 Å². The Labute approximate surface area is 130 Å². The summed E-state index contributed by atoms with van der Waals surface area (Å²) in [6.45, 7) is 2.28. The Balaban J connectivity index is 1.98. The highest BCUT2D eigenvalue weighted by Crippen LogP contribution is 2.18. The number of amides is 1. The number of H-pyrrole nitrogens is 1. The smallest absolute Gasteiger partial charge is 0.254 e. The molecule has 6 nitrogen and oxygen atoms in total. The number of rotatable bonds is 3. The molecule has 0 saturated carbocycles. The van der Waals surface area contributed by atoms with Gasteiger partial charge in [-0.05, 0) is 24.5 Å². The molecule has 1 N–H and O–H groups in total. The molecule has 0 spiro atoms. The van der Waals surface area contributed by atoms with Gasteiger partial charge in [0.15, 0.2) is 0 Å². The van der Waals surface area contributed by atoms with Gasteiger partial charge in [-0.2, -0.15) is 0 Å². The van der Waals surface area contributed by atoms with Gasteiger partial charge in [0.2, 0.25) is 5.56 Å². The molecule has 0 aliphatic rings. The van der Waals surface area contributed by atoms with Crippen LogP contribution in [0, 0.1) is 6.92 Å². The molecule has 1 amide bonds. The summed E-state index contributed by atoms with van der Waals surface area (Å²) in [4.78, 5) is 29.7. The highest BCUT2D eigenvalue weighted by atomic mass is 32.1. The molecule has 1 aromatic carbocycles. The lowest BCUT2D eigenvalue weighted by molar-refractivity contribution is 0.0788. The Morgan fingerprint density at radius 2 is 2.14 bits per heavy atom. The zero-order chi connectivity index (χ0) is 15.7. The molecular formula is C15H14N4O2S. The molecule has 0 radical (unpaired) electrons. The van der Waals surface area contributed by atoms with E-state index in [4.69, 9.17) is 0 Å². The second-order valence-electron chi connectivity index (χ2n) is 5.04. The molecule has 7 heteroatoms. The van der Waals surface area contributed by atoms with Crippen LogP contribution in [0.2, 0.25) is 0 Å². The Bertz CT molecular complexity index is 900. The maximum atomic E-state index is 12.7. The third kappa shape index (κ3) is 2.62. The Kier molecular flexibility index (Phi) is 3.72. The largest absolute Gasteiger partial charge is 0.336 e. The summed E-state index contributed by atoms with van der Waals surface area (Å²) in [7, 11) is 1.71. The van der Waals surface area contributed by atoms with Crippen molar-refractivity contribution in [2.45, 2.75) is 13.5 Å². The molecule has 2 heterocycles. The van der Waals surface area contributed by atoms with E-state index in [-0.39, 0.29) is 11.5 Å². The molecule has 22 heavy (non-hydrogen) atoms. The van der Waals surface area contributed by atoms with Gasteiger partial charge >= 0.3 is 0 Å². The first-order valence-electron chi connectivity index (χ1n) is 6.71. The number of aromatic nitrogens is 3. The minimum absolute atomic E-state index is 0.199. The average molecular weight is 314 g/mol. The molecule has 2 aromatic heterocycles. The summed E-state index contributed by atoms with van der Waals surface area (Å²) in [6.07, 6.45) is 0. The normalized spacial score (nSPS) is 10.8. The fourth-order valence-electron chi connectivity index (χ4n) is 2.27. The monoisotopic (exact) mass is 314 g/mol. The van der Waals surface area contributed by atoms with Crippen molar-refractivity contribution in [1.29, 1.82) is 0 Å². The first kappa shape index (κ1) is 14.4. The van der Waals surface area contributed by atoms with Crippen molar-refractivity contribution in [3.63, 3.8) is 0 Å². The predicted octanol–water partition coefficient (Wildman–Crippen LogP) is 1.96. The van der Waals surface area contributed by atoms with Gasteiger partial charge in [-0.1, -0.05) is 22.7 Å². The van der Waals surface area contributed by atoms with Gasteiger partial charge in [0.05, 0.1) is 22.7 Å². The number of aromatic amines is 1. The SMILES string of the molecule is Cc1nnsc1CN(C)C(=O)c1cc(=O)[nH]c2ccccc12. The van der Waals surface area contributed by atoms with Crippen LogP contribution in [0.5, 0.6) is 0 Å². The van der Waals surface area contributed by atoms with Crippen molar-refractivity contribution in [3.05, 3.63) is 56.8 Å². The lowest BCUT2D eigenvalue weighted by Crippen LogP contribution is -2.27. The Morgan fingerprint density at radius 1 is 1.36 bits per heavy atom. The summed E-state index contributed by atoms with van der Waals surface area (Å²) in [5.74, 6) is -0.199. The zero-order valence-corrected chi connectivity index (χ0v) is 13.0. The van der Waals surface area contributed by atoms with Gasteiger partial charge in [-0.15, -0.1) is 5.10 Å². The molecule has 3 rings (SSSR count). The number of fused-ring (bicyclic) bond motifs is 1. The van der Waals surface area contributed by atoms with E-state index in [1.807, 2.05) is 25.1 Å². The molecule has 0 unspecified atom stereocenters. The second-order valence-corrected chi connectivity index (χ2v) is 5.87. The number of benzene rings is 1. The molecule has 0 aliphatic heterocycles. The van der Waals surface area contributed by atoms with Crippen LogP contribution in [0.1, 0.15) is 20.9 Å². The van der Waals surface area contributed by atoms with Gasteiger partial charge in [-0.25, -0.2) is 0 Å². The highest BCUT2D eigenvalue weighted by Gasteiger charge is 2.17. The Hall–Kier alpha value is -2.54. The number of pyridine rings is 1. The quantitative estimate of drug-likeness (QED) is 0.801. The summed E-state index contributed by atoms with van der Waals surface area (Å²) in [5, 5.41) is 4.68. The van der Waals surface area contributed by atoms with Gasteiger partial charge in [-0.3, -0.25) is 9.59 Å². The van der Waals surface area contributed by atoms with E-state index < -0.39 is 0 Å².